The highest BCUT2D eigenvalue weighted by molar-refractivity contribution is 6.30. The number of hydrogen-bond acceptors (Lipinski definition) is 6. The number of aryl methyl sites for hydroxylation is 1. The van der Waals surface area contributed by atoms with Crippen molar-refractivity contribution in [1.82, 2.24) is 5.16 Å². The van der Waals surface area contributed by atoms with Crippen LogP contribution in [0.3, 0.4) is 0 Å². The van der Waals surface area contributed by atoms with Gasteiger partial charge in [-0.15, -0.1) is 0 Å². The predicted octanol–water partition coefficient (Wildman–Crippen LogP) is 2.98. The van der Waals surface area contributed by atoms with Crippen molar-refractivity contribution in [1.29, 1.82) is 0 Å². The van der Waals surface area contributed by atoms with Crippen molar-refractivity contribution in [2.45, 2.75) is 26.4 Å². The van der Waals surface area contributed by atoms with Crippen molar-refractivity contribution in [3.05, 3.63) is 41.0 Å². The first kappa shape index (κ1) is 17.8. The number of carbonyl (C=O) groups is 2. The van der Waals surface area contributed by atoms with Crippen LogP contribution < -0.4 is 10.1 Å². The van der Waals surface area contributed by atoms with Gasteiger partial charge in [0, 0.05) is 11.1 Å². The number of nitrogens with one attached hydrogen (secondary N) is 1. The Bertz CT molecular complexity index is 724. The van der Waals surface area contributed by atoms with Gasteiger partial charge in [-0.25, -0.2) is 4.79 Å². The number of aromatic nitrogens is 1. The van der Waals surface area contributed by atoms with E-state index in [1.54, 1.807) is 51.1 Å². The molecule has 1 heterocycles. The third-order valence-corrected chi connectivity index (χ3v) is 3.16. The summed E-state index contributed by atoms with van der Waals surface area (Å²) >= 11 is 5.79. The number of nitrogens with zero attached hydrogens (tertiary/aromatic N) is 1. The first-order valence-electron chi connectivity index (χ1n) is 7.11. The lowest BCUT2D eigenvalue weighted by Gasteiger charge is -2.24. The number of esters is 1. The average Bonchev–Trinajstić information content (AvgIpc) is 2.92. The molecule has 0 saturated carbocycles. The minimum absolute atomic E-state index is 0.185. The molecule has 0 fully saturated rings. The van der Waals surface area contributed by atoms with Crippen LogP contribution in [0.15, 0.2) is 34.9 Å². The van der Waals surface area contributed by atoms with Crippen LogP contribution in [-0.4, -0.2) is 29.2 Å². The summed E-state index contributed by atoms with van der Waals surface area (Å²) in [5, 5.41) is 6.61. The molecule has 8 heteroatoms. The standard InChI is InChI=1S/C16H17ClN2O5/c1-10-8-14(24-19-10)18-13(20)9-22-15(21)16(2,3)23-12-6-4-11(17)5-7-12/h4-8H,9H2,1-3H3,(H,18,20). The lowest BCUT2D eigenvalue weighted by atomic mass is 10.1. The summed E-state index contributed by atoms with van der Waals surface area (Å²) in [5.41, 5.74) is -0.642. The normalized spacial score (nSPS) is 11.0. The number of amides is 1. The third kappa shape index (κ3) is 4.99. The first-order chi connectivity index (χ1) is 11.3. The Hall–Kier alpha value is -2.54. The second kappa shape index (κ2) is 7.35. The second-order valence-electron chi connectivity index (χ2n) is 5.52. The van der Waals surface area contributed by atoms with Crippen LogP contribution in [0.25, 0.3) is 0 Å². The van der Waals surface area contributed by atoms with Gasteiger partial charge in [-0.2, -0.15) is 0 Å². The minimum atomic E-state index is -1.27. The van der Waals surface area contributed by atoms with Crippen LogP contribution in [0, 0.1) is 6.92 Å². The van der Waals surface area contributed by atoms with Crippen LogP contribution in [0.2, 0.25) is 5.02 Å². The zero-order valence-corrected chi connectivity index (χ0v) is 14.2. The number of ether oxygens (including phenoxy) is 2. The maximum absolute atomic E-state index is 12.1. The Morgan fingerprint density at radius 1 is 1.29 bits per heavy atom. The highest BCUT2D eigenvalue weighted by atomic mass is 35.5. The summed E-state index contributed by atoms with van der Waals surface area (Å²) in [4.78, 5) is 23.8. The molecule has 0 bridgehead atoms. The van der Waals surface area contributed by atoms with E-state index < -0.39 is 24.1 Å². The smallest absolute Gasteiger partial charge is 0.350 e. The molecular weight excluding hydrogens is 336 g/mol. The monoisotopic (exact) mass is 352 g/mol. The number of rotatable bonds is 6. The van der Waals surface area contributed by atoms with E-state index in [9.17, 15) is 9.59 Å². The van der Waals surface area contributed by atoms with Crippen molar-refractivity contribution in [2.75, 3.05) is 11.9 Å². The molecule has 0 spiro atoms. The molecule has 0 unspecified atom stereocenters. The van der Waals surface area contributed by atoms with Crippen LogP contribution in [0.1, 0.15) is 19.5 Å². The molecule has 0 saturated heterocycles. The number of halogens is 1. The SMILES string of the molecule is Cc1cc(NC(=O)COC(=O)C(C)(C)Oc2ccc(Cl)cc2)on1. The number of anilines is 1. The van der Waals surface area contributed by atoms with E-state index in [4.69, 9.17) is 25.6 Å². The molecule has 1 aromatic carbocycles. The molecule has 7 nitrogen and oxygen atoms in total. The number of benzene rings is 1. The highest BCUT2D eigenvalue weighted by Gasteiger charge is 2.32. The Morgan fingerprint density at radius 3 is 2.54 bits per heavy atom. The Balaban J connectivity index is 1.85. The summed E-state index contributed by atoms with van der Waals surface area (Å²) < 4.78 is 15.4. The van der Waals surface area contributed by atoms with Gasteiger partial charge in [0.25, 0.3) is 5.91 Å². The number of carbonyl (C=O) groups excluding carboxylic acids is 2. The van der Waals surface area contributed by atoms with Gasteiger partial charge in [-0.3, -0.25) is 10.1 Å². The van der Waals surface area contributed by atoms with E-state index in [-0.39, 0.29) is 5.88 Å². The molecule has 0 aliphatic heterocycles. The van der Waals surface area contributed by atoms with Crippen LogP contribution in [-0.2, 0) is 14.3 Å². The predicted molar refractivity (Wildman–Crippen MR) is 87.0 cm³/mol. The third-order valence-electron chi connectivity index (χ3n) is 2.90. The lowest BCUT2D eigenvalue weighted by Crippen LogP contribution is -2.41. The number of hydrogen-bond donors (Lipinski definition) is 1. The molecule has 1 amide bonds. The zero-order valence-electron chi connectivity index (χ0n) is 13.5. The first-order valence-corrected chi connectivity index (χ1v) is 7.49. The van der Waals surface area contributed by atoms with E-state index in [1.165, 1.54) is 0 Å². The maximum atomic E-state index is 12.1. The fraction of sp³-hybridized carbons (Fsp3) is 0.312. The fourth-order valence-electron chi connectivity index (χ4n) is 1.74. The molecule has 1 N–H and O–H groups in total. The quantitative estimate of drug-likeness (QED) is 0.804. The maximum Gasteiger partial charge on any atom is 0.350 e. The molecule has 0 atom stereocenters. The van der Waals surface area contributed by atoms with Crippen molar-refractivity contribution in [3.8, 4) is 5.75 Å². The molecule has 1 aromatic heterocycles. The molecule has 0 radical (unpaired) electrons. The van der Waals surface area contributed by atoms with Crippen LogP contribution in [0.5, 0.6) is 5.75 Å². The fourth-order valence-corrected chi connectivity index (χ4v) is 1.87. The summed E-state index contributed by atoms with van der Waals surface area (Å²) in [6, 6.07) is 8.11. The van der Waals surface area contributed by atoms with Gasteiger partial charge < -0.3 is 14.0 Å². The van der Waals surface area contributed by atoms with E-state index in [1.807, 2.05) is 0 Å². The van der Waals surface area contributed by atoms with Crippen molar-refractivity contribution >= 4 is 29.4 Å². The van der Waals surface area contributed by atoms with E-state index in [0.717, 1.165) is 0 Å². The van der Waals surface area contributed by atoms with Crippen LogP contribution >= 0.6 is 11.6 Å². The van der Waals surface area contributed by atoms with E-state index in [2.05, 4.69) is 10.5 Å². The van der Waals surface area contributed by atoms with Gasteiger partial charge in [-0.05, 0) is 45.0 Å². The van der Waals surface area contributed by atoms with Gasteiger partial charge in [-0.1, -0.05) is 16.8 Å². The average molecular weight is 353 g/mol. The summed E-state index contributed by atoms with van der Waals surface area (Å²) in [7, 11) is 0. The van der Waals surface area contributed by atoms with Crippen molar-refractivity contribution in [2.24, 2.45) is 0 Å². The van der Waals surface area contributed by atoms with Crippen molar-refractivity contribution < 1.29 is 23.6 Å². The zero-order chi connectivity index (χ0) is 17.7. The minimum Gasteiger partial charge on any atom is -0.476 e. The molecule has 0 aliphatic rings. The van der Waals surface area contributed by atoms with Gasteiger partial charge in [0.2, 0.25) is 5.88 Å². The van der Waals surface area contributed by atoms with Crippen molar-refractivity contribution in [3.63, 3.8) is 0 Å². The largest absolute Gasteiger partial charge is 0.476 e. The van der Waals surface area contributed by atoms with Gasteiger partial charge in [0.15, 0.2) is 12.2 Å². The molecule has 0 aliphatic carbocycles. The summed E-state index contributed by atoms with van der Waals surface area (Å²) in [5.74, 6) is -0.573. The Kier molecular flexibility index (Phi) is 5.46. The van der Waals surface area contributed by atoms with Gasteiger partial charge in [0.1, 0.15) is 5.75 Å². The lowest BCUT2D eigenvalue weighted by molar-refractivity contribution is -0.161. The topological polar surface area (TPSA) is 90.7 Å². The molecule has 24 heavy (non-hydrogen) atoms. The van der Waals surface area contributed by atoms with E-state index >= 15 is 0 Å². The Morgan fingerprint density at radius 2 is 1.96 bits per heavy atom. The molecular formula is C16H17ClN2O5. The van der Waals surface area contributed by atoms with Gasteiger partial charge >= 0.3 is 5.97 Å². The molecule has 128 valence electrons. The second-order valence-corrected chi connectivity index (χ2v) is 5.96. The molecule has 2 rings (SSSR count). The summed E-state index contributed by atoms with van der Waals surface area (Å²) in [6.07, 6.45) is 0. The highest BCUT2D eigenvalue weighted by Crippen LogP contribution is 2.21. The Labute approximate surface area is 143 Å². The van der Waals surface area contributed by atoms with Gasteiger partial charge in [0.05, 0.1) is 5.69 Å². The molecule has 2 aromatic rings. The summed E-state index contributed by atoms with van der Waals surface area (Å²) in [6.45, 7) is 4.34. The van der Waals surface area contributed by atoms with E-state index in [0.29, 0.717) is 16.5 Å². The van der Waals surface area contributed by atoms with Crippen LogP contribution in [0.4, 0.5) is 5.88 Å².